The highest BCUT2D eigenvalue weighted by atomic mass is 16.6. The highest BCUT2D eigenvalue weighted by molar-refractivity contribution is 6.03. The number of hydrogen-bond acceptors (Lipinski definition) is 5. The molecule has 2 aromatic carbocycles. The Balaban J connectivity index is 2.15. The number of nitro groups is 1. The summed E-state index contributed by atoms with van der Waals surface area (Å²) in [5, 5.41) is 14.3. The molecule has 0 radical (unpaired) electrons. The Labute approximate surface area is 174 Å². The van der Waals surface area contributed by atoms with Gasteiger partial charge in [0.1, 0.15) is 0 Å². The summed E-state index contributed by atoms with van der Waals surface area (Å²) in [5.74, 6) is -0.506. The van der Waals surface area contributed by atoms with Crippen molar-refractivity contribution in [2.45, 2.75) is 26.8 Å². The topological polar surface area (TPSA) is 102 Å². The molecule has 0 saturated heterocycles. The molecule has 1 N–H and O–H groups in total. The van der Waals surface area contributed by atoms with Crippen LogP contribution in [-0.4, -0.2) is 23.5 Å². The van der Waals surface area contributed by atoms with Crippen LogP contribution in [0, 0.1) is 16.0 Å². The summed E-state index contributed by atoms with van der Waals surface area (Å²) < 4.78 is 5.44. The number of carbonyl (C=O) groups is 2. The van der Waals surface area contributed by atoms with E-state index < -0.39 is 23.0 Å². The fourth-order valence-electron chi connectivity index (χ4n) is 3.35. The summed E-state index contributed by atoms with van der Waals surface area (Å²) in [7, 11) is 0. The zero-order chi connectivity index (χ0) is 21.8. The van der Waals surface area contributed by atoms with Crippen molar-refractivity contribution in [3.8, 4) is 0 Å². The fraction of sp³-hybridized carbons (Fsp3) is 0.273. The van der Waals surface area contributed by atoms with Crippen LogP contribution in [0.25, 0.3) is 0 Å². The van der Waals surface area contributed by atoms with Gasteiger partial charge in [-0.25, -0.2) is 9.59 Å². The first-order valence-corrected chi connectivity index (χ1v) is 9.58. The number of ether oxygens (including phenoxy) is 1. The van der Waals surface area contributed by atoms with Crippen LogP contribution in [0.3, 0.4) is 0 Å². The Bertz CT molecular complexity index is 1000. The van der Waals surface area contributed by atoms with Gasteiger partial charge in [0, 0.05) is 11.8 Å². The lowest BCUT2D eigenvalue weighted by Crippen LogP contribution is -2.48. The van der Waals surface area contributed by atoms with E-state index in [1.165, 1.54) is 23.1 Å². The lowest BCUT2D eigenvalue weighted by atomic mass is 9.93. The smallest absolute Gasteiger partial charge is 0.338 e. The second-order valence-corrected chi connectivity index (χ2v) is 7.36. The number of carbonyl (C=O) groups excluding carboxylic acids is 2. The Morgan fingerprint density at radius 1 is 1.17 bits per heavy atom. The molecule has 2 aromatic rings. The van der Waals surface area contributed by atoms with Crippen LogP contribution >= 0.6 is 0 Å². The van der Waals surface area contributed by atoms with Crippen molar-refractivity contribution in [2.75, 3.05) is 11.5 Å². The predicted octanol–water partition coefficient (Wildman–Crippen LogP) is 4.34. The van der Waals surface area contributed by atoms with Crippen LogP contribution in [-0.2, 0) is 9.53 Å². The van der Waals surface area contributed by atoms with Crippen LogP contribution in [0.15, 0.2) is 65.9 Å². The van der Waals surface area contributed by atoms with Gasteiger partial charge in [-0.2, -0.15) is 0 Å². The Kier molecular flexibility index (Phi) is 6.15. The molecule has 0 bridgehead atoms. The summed E-state index contributed by atoms with van der Waals surface area (Å²) >= 11 is 0. The van der Waals surface area contributed by atoms with Crippen molar-refractivity contribution in [3.63, 3.8) is 0 Å². The minimum absolute atomic E-state index is 0.114. The van der Waals surface area contributed by atoms with Crippen molar-refractivity contribution in [2.24, 2.45) is 5.92 Å². The van der Waals surface area contributed by atoms with E-state index >= 15 is 0 Å². The minimum Gasteiger partial charge on any atom is -0.462 e. The maximum atomic E-state index is 13.0. The third-order valence-electron chi connectivity index (χ3n) is 4.71. The quantitative estimate of drug-likeness (QED) is 0.434. The van der Waals surface area contributed by atoms with E-state index in [-0.39, 0.29) is 29.3 Å². The molecule has 30 heavy (non-hydrogen) atoms. The molecule has 156 valence electrons. The lowest BCUT2D eigenvalue weighted by Gasteiger charge is -2.35. The number of rotatable bonds is 6. The molecule has 0 aliphatic carbocycles. The van der Waals surface area contributed by atoms with E-state index in [0.717, 1.165) is 0 Å². The molecular formula is C22H23N3O5. The molecule has 8 heteroatoms. The van der Waals surface area contributed by atoms with Gasteiger partial charge in [0.15, 0.2) is 0 Å². The number of nitro benzene ring substituents is 1. The molecule has 1 aliphatic heterocycles. The standard InChI is InChI=1S/C22H23N3O5/c1-14(2)13-30-21(26)19-15(3)24(16-9-5-4-6-10-16)22(27)23-20(19)17-11-7-8-12-18(17)25(28)29/h4-12,14,20H,13H2,1-3H3,(H,23,27). The average molecular weight is 409 g/mol. The first-order valence-electron chi connectivity index (χ1n) is 9.58. The van der Waals surface area contributed by atoms with Gasteiger partial charge in [-0.05, 0) is 31.0 Å². The molecule has 3 rings (SSSR count). The van der Waals surface area contributed by atoms with Gasteiger partial charge in [-0.15, -0.1) is 0 Å². The maximum absolute atomic E-state index is 13.0. The van der Waals surface area contributed by atoms with Gasteiger partial charge >= 0.3 is 12.0 Å². The van der Waals surface area contributed by atoms with Crippen LogP contribution in [0.1, 0.15) is 32.4 Å². The fourth-order valence-corrected chi connectivity index (χ4v) is 3.35. The van der Waals surface area contributed by atoms with E-state index in [9.17, 15) is 19.7 Å². The second-order valence-electron chi connectivity index (χ2n) is 7.36. The first kappa shape index (κ1) is 21.0. The number of anilines is 1. The van der Waals surface area contributed by atoms with Crippen LogP contribution in [0.4, 0.5) is 16.2 Å². The molecule has 1 aliphatic rings. The molecule has 1 unspecified atom stereocenters. The number of allylic oxidation sites excluding steroid dienone is 1. The second kappa shape index (κ2) is 8.77. The molecule has 1 atom stereocenters. The molecule has 0 spiro atoms. The molecular weight excluding hydrogens is 386 g/mol. The van der Waals surface area contributed by atoms with Crippen LogP contribution < -0.4 is 10.2 Å². The van der Waals surface area contributed by atoms with Crippen molar-refractivity contribution in [1.82, 2.24) is 5.32 Å². The van der Waals surface area contributed by atoms with Crippen molar-refractivity contribution in [1.29, 1.82) is 0 Å². The van der Waals surface area contributed by atoms with Gasteiger partial charge in [0.2, 0.25) is 0 Å². The summed E-state index contributed by atoms with van der Waals surface area (Å²) in [4.78, 5) is 38.4. The van der Waals surface area contributed by atoms with E-state index in [0.29, 0.717) is 11.4 Å². The average Bonchev–Trinajstić information content (AvgIpc) is 2.72. The number of amides is 2. The zero-order valence-corrected chi connectivity index (χ0v) is 17.0. The van der Waals surface area contributed by atoms with E-state index in [1.807, 2.05) is 19.9 Å². The molecule has 1 heterocycles. The van der Waals surface area contributed by atoms with Gasteiger partial charge < -0.3 is 10.1 Å². The number of nitrogens with one attached hydrogen (secondary N) is 1. The first-order chi connectivity index (χ1) is 14.3. The largest absolute Gasteiger partial charge is 0.462 e. The maximum Gasteiger partial charge on any atom is 0.338 e. The number of hydrogen-bond donors (Lipinski definition) is 1. The van der Waals surface area contributed by atoms with Crippen LogP contribution in [0.2, 0.25) is 0 Å². The summed E-state index contributed by atoms with van der Waals surface area (Å²) in [5.41, 5.74) is 1.13. The molecule has 0 aromatic heterocycles. The molecule has 0 fully saturated rings. The third kappa shape index (κ3) is 4.17. The molecule has 2 amide bonds. The number of nitrogens with zero attached hydrogens (tertiary/aromatic N) is 2. The highest BCUT2D eigenvalue weighted by Gasteiger charge is 2.39. The number of urea groups is 1. The van der Waals surface area contributed by atoms with Gasteiger partial charge in [-0.3, -0.25) is 15.0 Å². The van der Waals surface area contributed by atoms with E-state index in [2.05, 4.69) is 5.32 Å². The number of para-hydroxylation sites is 2. The summed E-state index contributed by atoms with van der Waals surface area (Å²) in [6.45, 7) is 5.65. The summed E-state index contributed by atoms with van der Waals surface area (Å²) in [6, 6.07) is 13.4. The number of benzene rings is 2. The Morgan fingerprint density at radius 2 is 1.80 bits per heavy atom. The van der Waals surface area contributed by atoms with Gasteiger partial charge in [0.05, 0.1) is 34.4 Å². The van der Waals surface area contributed by atoms with Gasteiger partial charge in [-0.1, -0.05) is 44.2 Å². The third-order valence-corrected chi connectivity index (χ3v) is 4.71. The number of esters is 1. The molecule has 0 saturated carbocycles. The Hall–Kier alpha value is -3.68. The normalized spacial score (nSPS) is 16.5. The van der Waals surface area contributed by atoms with E-state index in [1.54, 1.807) is 37.3 Å². The van der Waals surface area contributed by atoms with Crippen molar-refractivity contribution in [3.05, 3.63) is 81.5 Å². The molecule has 8 nitrogen and oxygen atoms in total. The zero-order valence-electron chi connectivity index (χ0n) is 17.0. The van der Waals surface area contributed by atoms with Crippen molar-refractivity contribution < 1.29 is 19.2 Å². The summed E-state index contributed by atoms with van der Waals surface area (Å²) in [6.07, 6.45) is 0. The van der Waals surface area contributed by atoms with E-state index in [4.69, 9.17) is 4.74 Å². The predicted molar refractivity (Wildman–Crippen MR) is 112 cm³/mol. The van der Waals surface area contributed by atoms with Gasteiger partial charge in [0.25, 0.3) is 5.69 Å². The lowest BCUT2D eigenvalue weighted by molar-refractivity contribution is -0.385. The monoisotopic (exact) mass is 409 g/mol. The van der Waals surface area contributed by atoms with Crippen LogP contribution in [0.5, 0.6) is 0 Å². The Morgan fingerprint density at radius 3 is 2.43 bits per heavy atom. The van der Waals surface area contributed by atoms with Crippen molar-refractivity contribution >= 4 is 23.4 Å². The highest BCUT2D eigenvalue weighted by Crippen LogP contribution is 2.37. The SMILES string of the molecule is CC1=C(C(=O)OCC(C)C)C(c2ccccc2[N+](=O)[O-])NC(=O)N1c1ccccc1. The minimum atomic E-state index is -1.00.